The van der Waals surface area contributed by atoms with Crippen molar-refractivity contribution in [1.82, 2.24) is 5.32 Å². The van der Waals surface area contributed by atoms with Gasteiger partial charge in [0.15, 0.2) is 0 Å². The van der Waals surface area contributed by atoms with Gasteiger partial charge in [-0.2, -0.15) is 5.26 Å². The van der Waals surface area contributed by atoms with Gasteiger partial charge in [0.25, 0.3) is 0 Å². The predicted molar refractivity (Wildman–Crippen MR) is 78.4 cm³/mol. The molecule has 0 aromatic heterocycles. The molecule has 1 N–H and O–H groups in total. The van der Waals surface area contributed by atoms with E-state index in [4.69, 9.17) is 4.74 Å². The van der Waals surface area contributed by atoms with Crippen molar-refractivity contribution in [3.8, 4) is 11.8 Å². The first-order chi connectivity index (χ1) is 8.77. The first kappa shape index (κ1) is 15.5. The van der Waals surface area contributed by atoms with Crippen molar-refractivity contribution in [3.05, 3.63) is 28.8 Å². The summed E-state index contributed by atoms with van der Waals surface area (Å²) in [5.74, 6) is 0.887. The summed E-state index contributed by atoms with van der Waals surface area (Å²) < 4.78 is 5.89. The Morgan fingerprint density at radius 2 is 1.79 bits per heavy atom. The highest BCUT2D eigenvalue weighted by molar-refractivity contribution is 5.43. The van der Waals surface area contributed by atoms with Crippen molar-refractivity contribution in [3.63, 3.8) is 0 Å². The van der Waals surface area contributed by atoms with Gasteiger partial charge in [-0.3, -0.25) is 5.32 Å². The molecular formula is C16H24N2O. The van der Waals surface area contributed by atoms with Crippen LogP contribution < -0.4 is 10.1 Å². The van der Waals surface area contributed by atoms with E-state index >= 15 is 0 Å². The molecule has 1 unspecified atom stereocenters. The largest absolute Gasteiger partial charge is 0.490 e. The SMILES string of the molecule is Cc1cc(C)c(OCC(C)(C#N)NC(C)C)c(C)c1. The van der Waals surface area contributed by atoms with Gasteiger partial charge in [0, 0.05) is 6.04 Å². The molecule has 0 amide bonds. The Hall–Kier alpha value is -1.53. The quantitative estimate of drug-likeness (QED) is 0.883. The average Bonchev–Trinajstić information content (AvgIpc) is 2.26. The fourth-order valence-corrected chi connectivity index (χ4v) is 2.35. The second kappa shape index (κ2) is 6.08. The fourth-order valence-electron chi connectivity index (χ4n) is 2.35. The van der Waals surface area contributed by atoms with Crippen LogP contribution in [0.15, 0.2) is 12.1 Å². The summed E-state index contributed by atoms with van der Waals surface area (Å²) in [4.78, 5) is 0. The van der Waals surface area contributed by atoms with Gasteiger partial charge in [0.05, 0.1) is 6.07 Å². The van der Waals surface area contributed by atoms with E-state index in [1.165, 1.54) is 5.56 Å². The van der Waals surface area contributed by atoms with Crippen LogP contribution >= 0.6 is 0 Å². The number of hydrogen-bond donors (Lipinski definition) is 1. The highest BCUT2D eigenvalue weighted by atomic mass is 16.5. The molecule has 19 heavy (non-hydrogen) atoms. The lowest BCUT2D eigenvalue weighted by Gasteiger charge is -2.26. The first-order valence-electron chi connectivity index (χ1n) is 6.67. The maximum Gasteiger partial charge on any atom is 0.138 e. The van der Waals surface area contributed by atoms with Gasteiger partial charge in [-0.15, -0.1) is 0 Å². The molecule has 0 saturated heterocycles. The predicted octanol–water partition coefficient (Wildman–Crippen LogP) is 3.27. The third-order valence-corrected chi connectivity index (χ3v) is 2.96. The summed E-state index contributed by atoms with van der Waals surface area (Å²) in [7, 11) is 0. The maximum atomic E-state index is 9.30. The molecule has 0 saturated carbocycles. The van der Waals surface area contributed by atoms with Crippen LogP contribution in [0.4, 0.5) is 0 Å². The molecule has 0 bridgehead atoms. The number of nitriles is 1. The summed E-state index contributed by atoms with van der Waals surface area (Å²) in [5.41, 5.74) is 2.79. The van der Waals surface area contributed by atoms with Crippen molar-refractivity contribution in [2.75, 3.05) is 6.61 Å². The molecule has 1 rings (SSSR count). The summed E-state index contributed by atoms with van der Waals surface area (Å²) in [6.45, 7) is 12.4. The van der Waals surface area contributed by atoms with Crippen LogP contribution in [-0.4, -0.2) is 18.2 Å². The standard InChI is InChI=1S/C16H24N2O/c1-11(2)18-16(6,9-17)10-19-15-13(4)7-12(3)8-14(15)5/h7-8,11,18H,10H2,1-6H3. The second-order valence-electron chi connectivity index (χ2n) is 5.76. The summed E-state index contributed by atoms with van der Waals surface area (Å²) in [6, 6.07) is 6.74. The fraction of sp³-hybridized carbons (Fsp3) is 0.562. The molecule has 1 aromatic rings. The van der Waals surface area contributed by atoms with Gasteiger partial charge in [-0.25, -0.2) is 0 Å². The third kappa shape index (κ3) is 4.25. The zero-order valence-electron chi connectivity index (χ0n) is 12.8. The van der Waals surface area contributed by atoms with Crippen LogP contribution in [0.5, 0.6) is 5.75 Å². The van der Waals surface area contributed by atoms with E-state index in [-0.39, 0.29) is 6.04 Å². The van der Waals surface area contributed by atoms with Crippen molar-refractivity contribution >= 4 is 0 Å². The summed E-state index contributed by atoms with van der Waals surface area (Å²) in [5, 5.41) is 12.5. The molecule has 3 nitrogen and oxygen atoms in total. The van der Waals surface area contributed by atoms with E-state index in [1.807, 2.05) is 34.6 Å². The average molecular weight is 260 g/mol. The Morgan fingerprint density at radius 1 is 1.26 bits per heavy atom. The normalized spacial score (nSPS) is 14.0. The van der Waals surface area contributed by atoms with E-state index in [9.17, 15) is 5.26 Å². The lowest BCUT2D eigenvalue weighted by atomic mass is 10.0. The Balaban J connectivity index is 2.84. The molecule has 0 fully saturated rings. The Kier molecular flexibility index (Phi) is 4.97. The highest BCUT2D eigenvalue weighted by Crippen LogP contribution is 2.25. The summed E-state index contributed by atoms with van der Waals surface area (Å²) in [6.07, 6.45) is 0. The smallest absolute Gasteiger partial charge is 0.138 e. The molecule has 1 atom stereocenters. The van der Waals surface area contributed by atoms with Gasteiger partial charge >= 0.3 is 0 Å². The number of benzene rings is 1. The monoisotopic (exact) mass is 260 g/mol. The number of nitrogens with zero attached hydrogens (tertiary/aromatic N) is 1. The Labute approximate surface area is 116 Å². The van der Waals surface area contributed by atoms with Gasteiger partial charge in [-0.05, 0) is 52.7 Å². The number of hydrogen-bond acceptors (Lipinski definition) is 3. The second-order valence-corrected chi connectivity index (χ2v) is 5.76. The Morgan fingerprint density at radius 3 is 2.21 bits per heavy atom. The maximum absolute atomic E-state index is 9.30. The van der Waals surface area contributed by atoms with Crippen LogP contribution in [0.3, 0.4) is 0 Å². The van der Waals surface area contributed by atoms with E-state index in [2.05, 4.69) is 30.4 Å². The van der Waals surface area contributed by atoms with E-state index in [0.717, 1.165) is 16.9 Å². The van der Waals surface area contributed by atoms with E-state index in [0.29, 0.717) is 6.61 Å². The topological polar surface area (TPSA) is 45.0 Å². The van der Waals surface area contributed by atoms with Crippen LogP contribution in [-0.2, 0) is 0 Å². The number of nitrogens with one attached hydrogen (secondary N) is 1. The molecule has 0 aliphatic rings. The van der Waals surface area contributed by atoms with Crippen molar-refractivity contribution in [2.45, 2.75) is 53.1 Å². The third-order valence-electron chi connectivity index (χ3n) is 2.96. The zero-order chi connectivity index (χ0) is 14.6. The number of aryl methyl sites for hydroxylation is 3. The van der Waals surface area contributed by atoms with Crippen LogP contribution in [0, 0.1) is 32.1 Å². The van der Waals surface area contributed by atoms with E-state index in [1.54, 1.807) is 0 Å². The number of ether oxygens (including phenoxy) is 1. The molecule has 0 aliphatic carbocycles. The van der Waals surface area contributed by atoms with Crippen LogP contribution in [0.25, 0.3) is 0 Å². The molecule has 0 aliphatic heterocycles. The molecule has 3 heteroatoms. The molecule has 0 heterocycles. The minimum absolute atomic E-state index is 0.244. The van der Waals surface area contributed by atoms with Crippen molar-refractivity contribution < 1.29 is 4.74 Å². The minimum Gasteiger partial charge on any atom is -0.490 e. The number of rotatable bonds is 5. The zero-order valence-corrected chi connectivity index (χ0v) is 12.8. The molecule has 104 valence electrons. The van der Waals surface area contributed by atoms with Gasteiger partial charge in [-0.1, -0.05) is 17.7 Å². The molecule has 0 radical (unpaired) electrons. The lowest BCUT2D eigenvalue weighted by Crippen LogP contribution is -2.49. The first-order valence-corrected chi connectivity index (χ1v) is 6.67. The summed E-state index contributed by atoms with van der Waals surface area (Å²) >= 11 is 0. The van der Waals surface area contributed by atoms with Crippen LogP contribution in [0.1, 0.15) is 37.5 Å². The van der Waals surface area contributed by atoms with Crippen LogP contribution in [0.2, 0.25) is 0 Å². The lowest BCUT2D eigenvalue weighted by molar-refractivity contribution is 0.223. The van der Waals surface area contributed by atoms with Crippen molar-refractivity contribution in [2.24, 2.45) is 0 Å². The van der Waals surface area contributed by atoms with Gasteiger partial charge in [0.1, 0.15) is 17.9 Å². The van der Waals surface area contributed by atoms with E-state index < -0.39 is 5.54 Å². The van der Waals surface area contributed by atoms with Gasteiger partial charge in [0.2, 0.25) is 0 Å². The highest BCUT2D eigenvalue weighted by Gasteiger charge is 2.26. The molecular weight excluding hydrogens is 236 g/mol. The minimum atomic E-state index is -0.669. The van der Waals surface area contributed by atoms with Crippen molar-refractivity contribution in [1.29, 1.82) is 5.26 Å². The Bertz CT molecular complexity index is 465. The molecule has 0 spiro atoms. The molecule has 1 aromatic carbocycles. The van der Waals surface area contributed by atoms with Gasteiger partial charge < -0.3 is 4.74 Å².